The number of hydrogen-bond acceptors (Lipinski definition) is 7. The van der Waals surface area contributed by atoms with Crippen LogP contribution in [0.25, 0.3) is 10.9 Å². The van der Waals surface area contributed by atoms with Gasteiger partial charge in [0.05, 0.1) is 6.04 Å². The lowest BCUT2D eigenvalue weighted by Gasteiger charge is -2.26. The Hall–Kier alpha value is -4.42. The SMILES string of the molecule is CC(C)CC(NC(=O)C(N)CCCCN)C(=O)NC(Cc1c[nH]c2ccccc12)C(=O)NC(Cc1ccc(O)cc1)C(=O)O. The number of phenolic OH excluding ortho intramolecular Hbond substituents is 1. The summed E-state index contributed by atoms with van der Waals surface area (Å²) in [6.07, 6.45) is 3.89. The lowest BCUT2D eigenvalue weighted by molar-refractivity contribution is -0.142. The fourth-order valence-electron chi connectivity index (χ4n) is 4.96. The van der Waals surface area contributed by atoms with E-state index >= 15 is 0 Å². The van der Waals surface area contributed by atoms with Crippen molar-refractivity contribution in [3.05, 3.63) is 65.9 Å². The predicted molar refractivity (Wildman–Crippen MR) is 168 cm³/mol. The molecule has 4 unspecified atom stereocenters. The summed E-state index contributed by atoms with van der Waals surface area (Å²) in [4.78, 5) is 55.4. The molecular weight excluding hydrogens is 564 g/mol. The van der Waals surface area contributed by atoms with E-state index in [4.69, 9.17) is 11.5 Å². The van der Waals surface area contributed by atoms with Crippen molar-refractivity contribution >= 4 is 34.6 Å². The highest BCUT2D eigenvalue weighted by Crippen LogP contribution is 2.20. The molecule has 238 valence electrons. The number of carboxylic acids is 1. The van der Waals surface area contributed by atoms with Gasteiger partial charge in [-0.25, -0.2) is 4.79 Å². The summed E-state index contributed by atoms with van der Waals surface area (Å²) < 4.78 is 0. The summed E-state index contributed by atoms with van der Waals surface area (Å²) in [6.45, 7) is 4.30. The van der Waals surface area contributed by atoms with Gasteiger partial charge >= 0.3 is 5.97 Å². The Kier molecular flexibility index (Phi) is 12.7. The van der Waals surface area contributed by atoms with Crippen LogP contribution >= 0.6 is 0 Å². The Morgan fingerprint density at radius 3 is 2.14 bits per heavy atom. The molecule has 0 aliphatic heterocycles. The quantitative estimate of drug-likeness (QED) is 0.105. The van der Waals surface area contributed by atoms with E-state index in [2.05, 4.69) is 20.9 Å². The Morgan fingerprint density at radius 2 is 1.48 bits per heavy atom. The van der Waals surface area contributed by atoms with Crippen LogP contribution < -0.4 is 27.4 Å². The summed E-state index contributed by atoms with van der Waals surface area (Å²) in [5.41, 5.74) is 13.8. The van der Waals surface area contributed by atoms with E-state index in [1.54, 1.807) is 18.3 Å². The number of aromatic hydroxyl groups is 1. The second kappa shape index (κ2) is 16.4. The lowest BCUT2D eigenvalue weighted by atomic mass is 9.99. The molecule has 0 spiro atoms. The van der Waals surface area contributed by atoms with Crippen molar-refractivity contribution in [3.63, 3.8) is 0 Å². The first-order valence-electron chi connectivity index (χ1n) is 14.9. The summed E-state index contributed by atoms with van der Waals surface area (Å²) in [5.74, 6) is -2.93. The van der Waals surface area contributed by atoms with Gasteiger partial charge in [-0.05, 0) is 61.1 Å². The van der Waals surface area contributed by atoms with Gasteiger partial charge in [0.15, 0.2) is 0 Å². The van der Waals surface area contributed by atoms with Crippen molar-refractivity contribution < 1.29 is 29.4 Å². The molecule has 1 heterocycles. The van der Waals surface area contributed by atoms with E-state index in [1.165, 1.54) is 12.1 Å². The zero-order chi connectivity index (χ0) is 32.2. The molecule has 3 aromatic rings. The van der Waals surface area contributed by atoms with Gasteiger partial charge in [0.2, 0.25) is 17.7 Å². The standard InChI is InChI=1S/C32H44N6O6/c1-19(2)15-26(36-29(40)24(34)8-5-6-14-33)30(41)37-27(17-21-18-35-25-9-4-3-7-23(21)25)31(42)38-28(32(43)44)16-20-10-12-22(39)13-11-20/h3-4,7,9-13,18-19,24,26-28,35,39H,5-6,8,14-17,33-34H2,1-2H3,(H,36,40)(H,37,41)(H,38,42)(H,43,44). The maximum Gasteiger partial charge on any atom is 0.326 e. The number of carboxylic acid groups (broad SMARTS) is 1. The highest BCUT2D eigenvalue weighted by atomic mass is 16.4. The third-order valence-electron chi connectivity index (χ3n) is 7.37. The molecule has 12 nitrogen and oxygen atoms in total. The van der Waals surface area contributed by atoms with E-state index in [0.29, 0.717) is 31.4 Å². The van der Waals surface area contributed by atoms with Crippen molar-refractivity contribution in [1.82, 2.24) is 20.9 Å². The number of rotatable bonds is 17. The number of benzene rings is 2. The largest absolute Gasteiger partial charge is 0.508 e. The van der Waals surface area contributed by atoms with Gasteiger partial charge in [-0.2, -0.15) is 0 Å². The topological polar surface area (TPSA) is 213 Å². The number of H-pyrrole nitrogens is 1. The van der Waals surface area contributed by atoms with Crippen LogP contribution in [0, 0.1) is 5.92 Å². The molecule has 3 rings (SSSR count). The van der Waals surface area contributed by atoms with Crippen LogP contribution in [0.4, 0.5) is 0 Å². The lowest BCUT2D eigenvalue weighted by Crippen LogP contribution is -2.58. The van der Waals surface area contributed by atoms with E-state index in [1.807, 2.05) is 38.1 Å². The maximum atomic E-state index is 13.7. The molecule has 1 aromatic heterocycles. The summed E-state index contributed by atoms with van der Waals surface area (Å²) in [7, 11) is 0. The Bertz CT molecular complexity index is 1410. The monoisotopic (exact) mass is 608 g/mol. The molecule has 4 atom stereocenters. The van der Waals surface area contributed by atoms with Crippen LogP contribution in [0.3, 0.4) is 0 Å². The van der Waals surface area contributed by atoms with E-state index in [0.717, 1.165) is 22.9 Å². The third kappa shape index (κ3) is 10.1. The van der Waals surface area contributed by atoms with E-state index in [-0.39, 0.29) is 24.5 Å². The molecule has 0 aliphatic carbocycles. The first-order chi connectivity index (χ1) is 21.0. The molecule has 0 fully saturated rings. The molecule has 3 amide bonds. The van der Waals surface area contributed by atoms with Crippen LogP contribution in [-0.2, 0) is 32.0 Å². The number of para-hydroxylation sites is 1. The number of nitrogens with two attached hydrogens (primary N) is 2. The number of aliphatic carboxylic acids is 1. The van der Waals surface area contributed by atoms with Crippen LogP contribution in [0.2, 0.25) is 0 Å². The molecule has 0 bridgehead atoms. The van der Waals surface area contributed by atoms with E-state index in [9.17, 15) is 29.4 Å². The van der Waals surface area contributed by atoms with Crippen LogP contribution in [0.15, 0.2) is 54.7 Å². The minimum atomic E-state index is -1.30. The average Bonchev–Trinajstić information content (AvgIpc) is 3.39. The second-order valence-electron chi connectivity index (χ2n) is 11.5. The molecule has 10 N–H and O–H groups in total. The normalized spacial score (nSPS) is 14.0. The number of aromatic amines is 1. The molecule has 44 heavy (non-hydrogen) atoms. The number of carbonyl (C=O) groups is 4. The molecule has 0 saturated carbocycles. The fraction of sp³-hybridized carbons (Fsp3) is 0.438. The Labute approximate surface area is 257 Å². The highest BCUT2D eigenvalue weighted by molar-refractivity contribution is 5.95. The highest BCUT2D eigenvalue weighted by Gasteiger charge is 2.31. The van der Waals surface area contributed by atoms with Gasteiger partial charge in [-0.3, -0.25) is 14.4 Å². The fourth-order valence-corrected chi connectivity index (χ4v) is 4.96. The van der Waals surface area contributed by atoms with Crippen molar-refractivity contribution in [2.75, 3.05) is 6.54 Å². The van der Waals surface area contributed by atoms with Gasteiger partial charge in [0, 0.05) is 29.9 Å². The average molecular weight is 609 g/mol. The van der Waals surface area contributed by atoms with Crippen LogP contribution in [0.5, 0.6) is 5.75 Å². The number of aromatic nitrogens is 1. The molecule has 0 aliphatic rings. The second-order valence-corrected chi connectivity index (χ2v) is 11.5. The van der Waals surface area contributed by atoms with Gasteiger partial charge in [-0.15, -0.1) is 0 Å². The molecular formula is C32H44N6O6. The molecule has 0 saturated heterocycles. The number of amides is 3. The number of nitrogens with one attached hydrogen (secondary N) is 4. The van der Waals surface area contributed by atoms with Crippen LogP contribution in [-0.4, -0.2) is 69.6 Å². The summed E-state index contributed by atoms with van der Waals surface area (Å²) in [5, 5.41) is 28.4. The summed E-state index contributed by atoms with van der Waals surface area (Å²) >= 11 is 0. The zero-order valence-corrected chi connectivity index (χ0v) is 25.2. The van der Waals surface area contributed by atoms with Gasteiger partial charge in [0.25, 0.3) is 0 Å². The maximum absolute atomic E-state index is 13.7. The zero-order valence-electron chi connectivity index (χ0n) is 25.2. The van der Waals surface area contributed by atoms with Crippen molar-refractivity contribution in [3.8, 4) is 5.75 Å². The summed E-state index contributed by atoms with van der Waals surface area (Å²) in [6, 6.07) is 9.27. The Morgan fingerprint density at radius 1 is 0.841 bits per heavy atom. The third-order valence-corrected chi connectivity index (χ3v) is 7.37. The van der Waals surface area contributed by atoms with Gasteiger partial charge in [-0.1, -0.05) is 50.6 Å². The van der Waals surface area contributed by atoms with Gasteiger partial charge < -0.3 is 42.6 Å². The van der Waals surface area contributed by atoms with Crippen LogP contribution in [0.1, 0.15) is 50.7 Å². The van der Waals surface area contributed by atoms with Crippen molar-refractivity contribution in [2.24, 2.45) is 17.4 Å². The number of phenols is 1. The van der Waals surface area contributed by atoms with Crippen molar-refractivity contribution in [1.29, 1.82) is 0 Å². The minimum Gasteiger partial charge on any atom is -0.508 e. The predicted octanol–water partition coefficient (Wildman–Crippen LogP) is 1.70. The number of unbranched alkanes of at least 4 members (excludes halogenated alkanes) is 1. The first kappa shape index (κ1) is 34.1. The molecule has 12 heteroatoms. The number of hydrogen-bond donors (Lipinski definition) is 8. The van der Waals surface area contributed by atoms with Crippen molar-refractivity contribution in [2.45, 2.75) is 76.5 Å². The minimum absolute atomic E-state index is 0.0297. The van der Waals surface area contributed by atoms with Gasteiger partial charge in [0.1, 0.15) is 23.9 Å². The Balaban J connectivity index is 1.83. The molecule has 2 aromatic carbocycles. The number of carbonyl (C=O) groups excluding carboxylic acids is 3. The number of fused-ring (bicyclic) bond motifs is 1. The molecule has 0 radical (unpaired) electrons. The first-order valence-corrected chi connectivity index (χ1v) is 14.9. The smallest absolute Gasteiger partial charge is 0.326 e. The van der Waals surface area contributed by atoms with E-state index < -0.39 is 47.9 Å².